The first-order chi connectivity index (χ1) is 18.4. The van der Waals surface area contributed by atoms with Crippen molar-refractivity contribution in [1.82, 2.24) is 0 Å². The Balaban J connectivity index is 1.46. The van der Waals surface area contributed by atoms with Gasteiger partial charge in [-0.25, -0.2) is 0 Å². The number of nitro benzene ring substituents is 1. The molecule has 4 rings (SSSR count). The fraction of sp³-hybridized carbons (Fsp3) is 0.103. The van der Waals surface area contributed by atoms with Gasteiger partial charge in [0.15, 0.2) is 0 Å². The minimum atomic E-state index is -0.544. The number of nitrogens with zero attached hydrogens (tertiary/aromatic N) is 1. The second-order valence-electron chi connectivity index (χ2n) is 8.14. The summed E-state index contributed by atoms with van der Waals surface area (Å²) in [6.07, 6.45) is 0. The molecule has 0 radical (unpaired) electrons. The molecule has 0 aliphatic heterocycles. The highest BCUT2D eigenvalue weighted by Gasteiger charge is 2.22. The summed E-state index contributed by atoms with van der Waals surface area (Å²) in [5.74, 6) is 0.108. The molecule has 1 atom stereocenters. The number of non-ortho nitro benzene ring substituents is 1. The van der Waals surface area contributed by atoms with Gasteiger partial charge in [0, 0.05) is 34.0 Å². The number of amides is 2. The Kier molecular flexibility index (Phi) is 8.73. The fourth-order valence-corrected chi connectivity index (χ4v) is 4.65. The summed E-state index contributed by atoms with van der Waals surface area (Å²) < 4.78 is 5.46. The predicted molar refractivity (Wildman–Crippen MR) is 149 cm³/mol. The zero-order valence-corrected chi connectivity index (χ0v) is 21.3. The molecule has 0 saturated carbocycles. The lowest BCUT2D eigenvalue weighted by molar-refractivity contribution is -0.384. The second-order valence-corrected chi connectivity index (χ2v) is 9.32. The zero-order valence-electron chi connectivity index (χ0n) is 20.5. The van der Waals surface area contributed by atoms with E-state index in [0.717, 1.165) is 16.2 Å². The smallest absolute Gasteiger partial charge is 0.270 e. The number of rotatable bonds is 10. The lowest BCUT2D eigenvalue weighted by Crippen LogP contribution is -2.19. The van der Waals surface area contributed by atoms with E-state index in [1.165, 1.54) is 36.0 Å². The molecule has 0 bridgehead atoms. The monoisotopic (exact) mass is 527 g/mol. The predicted octanol–water partition coefficient (Wildman–Crippen LogP) is 6.72. The van der Waals surface area contributed by atoms with Crippen LogP contribution in [0.1, 0.15) is 28.1 Å². The Hall–Kier alpha value is -4.63. The summed E-state index contributed by atoms with van der Waals surface area (Å²) in [5.41, 5.74) is 2.08. The lowest BCUT2D eigenvalue weighted by atomic mass is 10.1. The van der Waals surface area contributed by atoms with Gasteiger partial charge in [0.05, 0.1) is 11.5 Å². The topological polar surface area (TPSA) is 111 Å². The molecule has 8 nitrogen and oxygen atoms in total. The van der Waals surface area contributed by atoms with Crippen molar-refractivity contribution in [2.24, 2.45) is 0 Å². The van der Waals surface area contributed by atoms with Crippen molar-refractivity contribution >= 4 is 40.6 Å². The molecule has 0 aliphatic rings. The van der Waals surface area contributed by atoms with E-state index < -0.39 is 16.1 Å². The SMILES string of the molecule is CCOc1ccc(NC(=O)C(Sc2ccc(NC(=O)c3cccc([N+](=O)[O-])c3)cc2)c2ccccc2)cc1. The molecule has 2 amide bonds. The standard InChI is InChI=1S/C29H25N3O5S/c1-2-37-25-15-11-22(12-16-25)31-29(34)27(20-7-4-3-5-8-20)38-26-17-13-23(14-18-26)30-28(33)21-9-6-10-24(19-21)32(35)36/h3-19,27H,2H2,1H3,(H,30,33)(H,31,34). The van der Waals surface area contributed by atoms with Crippen LogP contribution in [-0.2, 0) is 4.79 Å². The molecule has 0 fully saturated rings. The van der Waals surface area contributed by atoms with Gasteiger partial charge in [-0.2, -0.15) is 0 Å². The van der Waals surface area contributed by atoms with Crippen LogP contribution in [0, 0.1) is 10.1 Å². The van der Waals surface area contributed by atoms with Gasteiger partial charge in [0.25, 0.3) is 11.6 Å². The van der Waals surface area contributed by atoms with E-state index in [1.54, 1.807) is 24.3 Å². The third-order valence-corrected chi connectivity index (χ3v) is 6.72. The molecule has 0 saturated heterocycles. The maximum Gasteiger partial charge on any atom is 0.270 e. The summed E-state index contributed by atoms with van der Waals surface area (Å²) >= 11 is 1.39. The molecule has 0 aromatic heterocycles. The molecule has 4 aromatic rings. The number of nitrogens with one attached hydrogen (secondary N) is 2. The largest absolute Gasteiger partial charge is 0.494 e. The van der Waals surface area contributed by atoms with Crippen LogP contribution in [0.15, 0.2) is 108 Å². The van der Waals surface area contributed by atoms with Crippen LogP contribution < -0.4 is 15.4 Å². The Bertz CT molecular complexity index is 1410. The van der Waals surface area contributed by atoms with E-state index in [9.17, 15) is 19.7 Å². The van der Waals surface area contributed by atoms with Gasteiger partial charge in [-0.1, -0.05) is 36.4 Å². The molecule has 192 valence electrons. The van der Waals surface area contributed by atoms with Crippen molar-refractivity contribution in [3.05, 3.63) is 124 Å². The van der Waals surface area contributed by atoms with Crippen LogP contribution in [-0.4, -0.2) is 23.3 Å². The zero-order chi connectivity index (χ0) is 26.9. The molecule has 1 unspecified atom stereocenters. The van der Waals surface area contributed by atoms with Crippen LogP contribution in [0.2, 0.25) is 0 Å². The molecule has 0 heterocycles. The van der Waals surface area contributed by atoms with Crippen molar-refractivity contribution in [2.75, 3.05) is 17.2 Å². The molecule has 9 heteroatoms. The molecule has 38 heavy (non-hydrogen) atoms. The second kappa shape index (κ2) is 12.6. The van der Waals surface area contributed by atoms with Crippen molar-refractivity contribution in [3.63, 3.8) is 0 Å². The summed E-state index contributed by atoms with van der Waals surface area (Å²) in [4.78, 5) is 37.1. The van der Waals surface area contributed by atoms with Gasteiger partial charge in [0.1, 0.15) is 11.0 Å². The van der Waals surface area contributed by atoms with E-state index in [1.807, 2.05) is 61.5 Å². The van der Waals surface area contributed by atoms with E-state index in [-0.39, 0.29) is 17.2 Å². The normalized spacial score (nSPS) is 11.3. The minimum absolute atomic E-state index is 0.153. The average molecular weight is 528 g/mol. The van der Waals surface area contributed by atoms with Gasteiger partial charge in [-0.15, -0.1) is 11.8 Å². The van der Waals surface area contributed by atoms with Gasteiger partial charge >= 0.3 is 0 Å². The number of ether oxygens (including phenoxy) is 1. The van der Waals surface area contributed by atoms with E-state index in [4.69, 9.17) is 4.74 Å². The van der Waals surface area contributed by atoms with Crippen LogP contribution in [0.25, 0.3) is 0 Å². The Labute approximate surface area is 224 Å². The third kappa shape index (κ3) is 6.98. The Morgan fingerprint density at radius 2 is 1.53 bits per heavy atom. The van der Waals surface area contributed by atoms with Crippen molar-refractivity contribution < 1.29 is 19.2 Å². The molecule has 0 aliphatic carbocycles. The van der Waals surface area contributed by atoms with Crippen molar-refractivity contribution in [3.8, 4) is 5.75 Å². The summed E-state index contributed by atoms with van der Waals surface area (Å²) in [6.45, 7) is 2.48. The maximum absolute atomic E-state index is 13.3. The molecule has 0 spiro atoms. The average Bonchev–Trinajstić information content (AvgIpc) is 2.94. The van der Waals surface area contributed by atoms with Gasteiger partial charge in [-0.05, 0) is 67.1 Å². The number of thioether (sulfide) groups is 1. The number of nitro groups is 1. The first-order valence-corrected chi connectivity index (χ1v) is 12.7. The number of benzene rings is 4. The van der Waals surface area contributed by atoms with Gasteiger partial charge < -0.3 is 15.4 Å². The molecule has 4 aromatic carbocycles. The number of hydrogen-bond acceptors (Lipinski definition) is 6. The highest BCUT2D eigenvalue weighted by molar-refractivity contribution is 8.00. The number of hydrogen-bond donors (Lipinski definition) is 2. The fourth-order valence-electron chi connectivity index (χ4n) is 3.63. The highest BCUT2D eigenvalue weighted by atomic mass is 32.2. The van der Waals surface area contributed by atoms with Gasteiger partial charge in [0.2, 0.25) is 5.91 Å². The summed E-state index contributed by atoms with van der Waals surface area (Å²) in [7, 11) is 0. The van der Waals surface area contributed by atoms with Crippen molar-refractivity contribution in [1.29, 1.82) is 0 Å². The van der Waals surface area contributed by atoms with Crippen molar-refractivity contribution in [2.45, 2.75) is 17.1 Å². The van der Waals surface area contributed by atoms with E-state index in [2.05, 4.69) is 10.6 Å². The highest BCUT2D eigenvalue weighted by Crippen LogP contribution is 2.37. The first kappa shape index (κ1) is 26.4. The Morgan fingerprint density at radius 1 is 0.868 bits per heavy atom. The van der Waals surface area contributed by atoms with Crippen LogP contribution in [0.5, 0.6) is 5.75 Å². The summed E-state index contributed by atoms with van der Waals surface area (Å²) in [6, 6.07) is 29.3. The van der Waals surface area contributed by atoms with Crippen LogP contribution in [0.4, 0.5) is 17.1 Å². The first-order valence-electron chi connectivity index (χ1n) is 11.8. The summed E-state index contributed by atoms with van der Waals surface area (Å²) in [5, 5.41) is 16.2. The molecular formula is C29H25N3O5S. The third-order valence-electron chi connectivity index (χ3n) is 5.46. The van der Waals surface area contributed by atoms with E-state index >= 15 is 0 Å². The molecular weight excluding hydrogens is 502 g/mol. The minimum Gasteiger partial charge on any atom is -0.494 e. The number of anilines is 2. The quantitative estimate of drug-likeness (QED) is 0.135. The van der Waals surface area contributed by atoms with Gasteiger partial charge in [-0.3, -0.25) is 19.7 Å². The molecule has 2 N–H and O–H groups in total. The van der Waals surface area contributed by atoms with Crippen LogP contribution >= 0.6 is 11.8 Å². The number of carbonyl (C=O) groups excluding carboxylic acids is 2. The van der Waals surface area contributed by atoms with Crippen LogP contribution in [0.3, 0.4) is 0 Å². The maximum atomic E-state index is 13.3. The number of carbonyl (C=O) groups is 2. The van der Waals surface area contributed by atoms with E-state index in [0.29, 0.717) is 18.0 Å². The lowest BCUT2D eigenvalue weighted by Gasteiger charge is -2.17. The Morgan fingerprint density at radius 3 is 2.18 bits per heavy atom.